The molecule has 1 aromatic rings. The molecule has 7 heteroatoms. The number of carbonyl (C=O) groups is 2. The molecule has 1 rings (SSSR count). The number of nitrogens with one attached hydrogen (secondary N) is 1. The molecule has 0 aromatic heterocycles. The van der Waals surface area contributed by atoms with Crippen LogP contribution in [0, 0.1) is 0 Å². The lowest BCUT2D eigenvalue weighted by Gasteiger charge is -2.19. The van der Waals surface area contributed by atoms with E-state index in [9.17, 15) is 14.7 Å². The number of thioether (sulfide) groups is 1. The molecule has 0 radical (unpaired) electrons. The second-order valence-corrected chi connectivity index (χ2v) is 5.18. The number of carboxylic acid groups (broad SMARTS) is 1. The van der Waals surface area contributed by atoms with Crippen molar-refractivity contribution in [3.8, 4) is 11.5 Å². The normalized spacial score (nSPS) is 11.6. The predicted molar refractivity (Wildman–Crippen MR) is 78.8 cm³/mol. The van der Waals surface area contributed by atoms with Gasteiger partial charge in [0, 0.05) is 5.56 Å². The molecule has 21 heavy (non-hydrogen) atoms. The molecule has 0 spiro atoms. The van der Waals surface area contributed by atoms with Crippen LogP contribution in [0.3, 0.4) is 0 Å². The van der Waals surface area contributed by atoms with Gasteiger partial charge in [0.1, 0.15) is 0 Å². The summed E-state index contributed by atoms with van der Waals surface area (Å²) in [4.78, 5) is 23.1. The third-order valence-electron chi connectivity index (χ3n) is 2.85. The molecule has 1 amide bonds. The van der Waals surface area contributed by atoms with Gasteiger partial charge in [-0.2, -0.15) is 11.8 Å². The number of ether oxygens (including phenoxy) is 2. The molecule has 0 aliphatic carbocycles. The molecule has 116 valence electrons. The Morgan fingerprint density at radius 3 is 2.48 bits per heavy atom. The van der Waals surface area contributed by atoms with Crippen molar-refractivity contribution in [3.05, 3.63) is 23.8 Å². The van der Waals surface area contributed by atoms with Crippen LogP contribution >= 0.6 is 11.8 Å². The molecule has 0 saturated heterocycles. The van der Waals surface area contributed by atoms with Crippen LogP contribution in [0.1, 0.15) is 16.8 Å². The number of rotatable bonds is 8. The zero-order valence-electron chi connectivity index (χ0n) is 12.2. The van der Waals surface area contributed by atoms with Gasteiger partial charge in [0.2, 0.25) is 0 Å². The molecule has 0 bridgehead atoms. The largest absolute Gasteiger partial charge is 0.548 e. The van der Waals surface area contributed by atoms with Gasteiger partial charge in [-0.05, 0) is 36.6 Å². The van der Waals surface area contributed by atoms with Crippen molar-refractivity contribution in [2.45, 2.75) is 12.5 Å². The molecular weight excluding hydrogens is 294 g/mol. The van der Waals surface area contributed by atoms with Crippen LogP contribution in [0.4, 0.5) is 0 Å². The zero-order valence-corrected chi connectivity index (χ0v) is 13.0. The summed E-state index contributed by atoms with van der Waals surface area (Å²) < 4.78 is 10.2. The summed E-state index contributed by atoms with van der Waals surface area (Å²) in [6.07, 6.45) is 2.17. The van der Waals surface area contributed by atoms with E-state index < -0.39 is 17.9 Å². The Kier molecular flexibility index (Phi) is 6.87. The van der Waals surface area contributed by atoms with Crippen LogP contribution in [0.5, 0.6) is 11.5 Å². The minimum absolute atomic E-state index is 0.294. The van der Waals surface area contributed by atoms with E-state index in [2.05, 4.69) is 5.32 Å². The van der Waals surface area contributed by atoms with Gasteiger partial charge in [0.05, 0.1) is 26.2 Å². The smallest absolute Gasteiger partial charge is 0.251 e. The van der Waals surface area contributed by atoms with Gasteiger partial charge in [-0.1, -0.05) is 0 Å². The Bertz CT molecular complexity index is 506. The summed E-state index contributed by atoms with van der Waals surface area (Å²) in [5.74, 6) is -0.276. The first-order valence-corrected chi connectivity index (χ1v) is 7.65. The van der Waals surface area contributed by atoms with Crippen molar-refractivity contribution in [1.29, 1.82) is 0 Å². The maximum Gasteiger partial charge on any atom is 0.251 e. The first-order valence-electron chi connectivity index (χ1n) is 6.26. The zero-order chi connectivity index (χ0) is 15.8. The van der Waals surface area contributed by atoms with Crippen LogP contribution in [0.25, 0.3) is 0 Å². The first kappa shape index (κ1) is 17.2. The molecule has 0 aliphatic heterocycles. The molecule has 1 aromatic carbocycles. The summed E-state index contributed by atoms with van der Waals surface area (Å²) in [7, 11) is 2.95. The average Bonchev–Trinajstić information content (AvgIpc) is 2.49. The fourth-order valence-corrected chi connectivity index (χ4v) is 2.18. The molecule has 0 saturated carbocycles. The van der Waals surface area contributed by atoms with Gasteiger partial charge in [-0.25, -0.2) is 0 Å². The van der Waals surface area contributed by atoms with E-state index in [1.54, 1.807) is 6.07 Å². The highest BCUT2D eigenvalue weighted by Crippen LogP contribution is 2.27. The van der Waals surface area contributed by atoms with Crippen molar-refractivity contribution >= 4 is 23.6 Å². The topological polar surface area (TPSA) is 87.7 Å². The maximum atomic E-state index is 12.1. The number of hydrogen-bond donors (Lipinski definition) is 1. The Hall–Kier alpha value is -1.89. The first-order chi connectivity index (χ1) is 10.0. The van der Waals surface area contributed by atoms with Crippen LogP contribution in [-0.4, -0.2) is 44.1 Å². The van der Waals surface area contributed by atoms with Crippen LogP contribution in [0.15, 0.2) is 18.2 Å². The quantitative estimate of drug-likeness (QED) is 0.743. The molecular formula is C14H18NO5S-. The minimum Gasteiger partial charge on any atom is -0.548 e. The number of carbonyl (C=O) groups excluding carboxylic acids is 2. The molecule has 6 nitrogen and oxygen atoms in total. The number of amides is 1. The highest BCUT2D eigenvalue weighted by Gasteiger charge is 2.16. The second-order valence-electron chi connectivity index (χ2n) is 4.20. The summed E-state index contributed by atoms with van der Waals surface area (Å²) in [6.45, 7) is 0. The van der Waals surface area contributed by atoms with Gasteiger partial charge in [-0.15, -0.1) is 0 Å². The number of carboxylic acids is 1. The van der Waals surface area contributed by atoms with Crippen molar-refractivity contribution in [1.82, 2.24) is 5.32 Å². The standard InChI is InChI=1S/C14H19NO5S/c1-19-11-5-4-9(8-12(11)20-2)13(16)15-10(14(17)18)6-7-21-3/h4-5,8,10H,6-7H2,1-3H3,(H,15,16)(H,17,18)/p-1/t10-/m0/s1. The van der Waals surface area contributed by atoms with Gasteiger partial charge in [0.25, 0.3) is 5.91 Å². The summed E-state index contributed by atoms with van der Waals surface area (Å²) in [5.41, 5.74) is 0.294. The Morgan fingerprint density at radius 1 is 1.29 bits per heavy atom. The van der Waals surface area contributed by atoms with E-state index in [1.165, 1.54) is 38.1 Å². The Balaban J connectivity index is 2.84. The lowest BCUT2D eigenvalue weighted by molar-refractivity contribution is -0.308. The van der Waals surface area contributed by atoms with E-state index in [-0.39, 0.29) is 0 Å². The molecule has 1 N–H and O–H groups in total. The van der Waals surface area contributed by atoms with Gasteiger partial charge in [0.15, 0.2) is 11.5 Å². The highest BCUT2D eigenvalue weighted by molar-refractivity contribution is 7.98. The second kappa shape index (κ2) is 8.41. The lowest BCUT2D eigenvalue weighted by atomic mass is 10.1. The van der Waals surface area contributed by atoms with E-state index in [4.69, 9.17) is 9.47 Å². The van der Waals surface area contributed by atoms with Crippen molar-refractivity contribution in [2.24, 2.45) is 0 Å². The fraction of sp³-hybridized carbons (Fsp3) is 0.429. The van der Waals surface area contributed by atoms with E-state index >= 15 is 0 Å². The van der Waals surface area contributed by atoms with Crippen LogP contribution in [-0.2, 0) is 4.79 Å². The van der Waals surface area contributed by atoms with Crippen LogP contribution in [0.2, 0.25) is 0 Å². The summed E-state index contributed by atoms with van der Waals surface area (Å²) >= 11 is 1.50. The monoisotopic (exact) mass is 312 g/mol. The van der Waals surface area contributed by atoms with Gasteiger partial charge in [-0.3, -0.25) is 4.79 Å². The van der Waals surface area contributed by atoms with Gasteiger partial charge >= 0.3 is 0 Å². The third kappa shape index (κ3) is 4.86. The molecule has 0 fully saturated rings. The molecule has 1 atom stereocenters. The number of hydrogen-bond acceptors (Lipinski definition) is 6. The predicted octanol–water partition coefficient (Wildman–Crippen LogP) is 0.305. The number of benzene rings is 1. The minimum atomic E-state index is -1.29. The fourth-order valence-electron chi connectivity index (χ4n) is 1.70. The van der Waals surface area contributed by atoms with Crippen LogP contribution < -0.4 is 19.9 Å². The van der Waals surface area contributed by atoms with Crippen molar-refractivity contribution in [3.63, 3.8) is 0 Å². The summed E-state index contributed by atoms with van der Waals surface area (Å²) in [5, 5.41) is 13.5. The van der Waals surface area contributed by atoms with E-state index in [1.807, 2.05) is 6.26 Å². The van der Waals surface area contributed by atoms with Crippen molar-refractivity contribution < 1.29 is 24.2 Å². The molecule has 0 unspecified atom stereocenters. The average molecular weight is 312 g/mol. The third-order valence-corrected chi connectivity index (χ3v) is 3.49. The van der Waals surface area contributed by atoms with E-state index in [0.717, 1.165) is 0 Å². The maximum absolute atomic E-state index is 12.1. The Morgan fingerprint density at radius 2 is 1.95 bits per heavy atom. The number of methoxy groups -OCH3 is 2. The highest BCUT2D eigenvalue weighted by atomic mass is 32.2. The van der Waals surface area contributed by atoms with Gasteiger partial charge < -0.3 is 24.7 Å². The Labute approximate surface area is 127 Å². The van der Waals surface area contributed by atoms with Crippen molar-refractivity contribution in [2.75, 3.05) is 26.2 Å². The lowest BCUT2D eigenvalue weighted by Crippen LogP contribution is -2.48. The molecule has 0 aliphatic rings. The van der Waals surface area contributed by atoms with E-state index in [0.29, 0.717) is 29.2 Å². The molecule has 0 heterocycles. The summed E-state index contributed by atoms with van der Waals surface area (Å²) in [6, 6.07) is 3.61. The number of aliphatic carboxylic acids is 1. The SMILES string of the molecule is COc1ccc(C(=O)N[C@@H](CCSC)C(=O)[O-])cc1OC.